The van der Waals surface area contributed by atoms with Gasteiger partial charge >= 0.3 is 6.18 Å². The zero-order chi connectivity index (χ0) is 21.0. The smallest absolute Gasteiger partial charge is 0.341 e. The van der Waals surface area contributed by atoms with Crippen molar-refractivity contribution < 1.29 is 18.0 Å². The van der Waals surface area contributed by atoms with Gasteiger partial charge in [0.25, 0.3) is 0 Å². The average molecular weight is 407 g/mol. The van der Waals surface area contributed by atoms with Crippen LogP contribution in [0.1, 0.15) is 24.0 Å². The Balaban J connectivity index is 1.49. The molecule has 0 bridgehead atoms. The minimum Gasteiger partial charge on any atom is -0.341 e. The molecule has 1 saturated heterocycles. The Labute approximate surface area is 167 Å². The number of nitrogens with zero attached hydrogens (tertiary/aromatic N) is 4. The highest BCUT2D eigenvalue weighted by Gasteiger charge is 2.30. The molecular formula is C20H24F3N5O. The fraction of sp³-hybridized carbons (Fsp3) is 0.450. The number of anilines is 2. The highest BCUT2D eigenvalue weighted by molar-refractivity contribution is 5.92. The third kappa shape index (κ3) is 5.66. The van der Waals surface area contributed by atoms with Crippen molar-refractivity contribution >= 4 is 17.5 Å². The topological polar surface area (TPSA) is 61.4 Å². The number of carbonyl (C=O) groups excluding carboxylic acids is 1. The van der Waals surface area contributed by atoms with Gasteiger partial charge in [-0.15, -0.1) is 0 Å². The molecule has 9 heteroatoms. The first-order valence-corrected chi connectivity index (χ1v) is 9.43. The first-order valence-electron chi connectivity index (χ1n) is 9.43. The number of aryl methyl sites for hydroxylation is 1. The molecule has 6 nitrogen and oxygen atoms in total. The van der Waals surface area contributed by atoms with Crippen molar-refractivity contribution in [2.24, 2.45) is 0 Å². The number of hydrogen-bond donors (Lipinski definition) is 1. The van der Waals surface area contributed by atoms with E-state index in [1.54, 1.807) is 12.4 Å². The Bertz CT molecular complexity index is 833. The van der Waals surface area contributed by atoms with Gasteiger partial charge in [0.2, 0.25) is 11.9 Å². The van der Waals surface area contributed by atoms with Crippen LogP contribution in [-0.4, -0.2) is 53.5 Å². The molecule has 29 heavy (non-hydrogen) atoms. The van der Waals surface area contributed by atoms with Gasteiger partial charge in [-0.05, 0) is 43.5 Å². The van der Waals surface area contributed by atoms with Gasteiger partial charge in [0.1, 0.15) is 0 Å². The average Bonchev–Trinajstić information content (AvgIpc) is 2.68. The second-order valence-corrected chi connectivity index (χ2v) is 7.31. The van der Waals surface area contributed by atoms with Crippen LogP contribution in [0, 0.1) is 6.92 Å². The molecule has 0 saturated carbocycles. The minimum atomic E-state index is -4.43. The molecule has 1 aliphatic heterocycles. The van der Waals surface area contributed by atoms with Gasteiger partial charge in [-0.1, -0.05) is 6.07 Å². The van der Waals surface area contributed by atoms with Crippen LogP contribution in [0.5, 0.6) is 0 Å². The second kappa shape index (κ2) is 8.77. The second-order valence-electron chi connectivity index (χ2n) is 7.31. The van der Waals surface area contributed by atoms with E-state index in [4.69, 9.17) is 0 Å². The maximum atomic E-state index is 12.8. The van der Waals surface area contributed by atoms with Crippen LogP contribution in [0.15, 0.2) is 36.7 Å². The number of carbonyl (C=O) groups is 1. The zero-order valence-corrected chi connectivity index (χ0v) is 16.4. The van der Waals surface area contributed by atoms with Gasteiger partial charge in [-0.3, -0.25) is 9.69 Å². The summed E-state index contributed by atoms with van der Waals surface area (Å²) >= 11 is 0. The number of alkyl halides is 3. The molecule has 1 fully saturated rings. The fourth-order valence-electron chi connectivity index (χ4n) is 3.37. The van der Waals surface area contributed by atoms with E-state index in [0.29, 0.717) is 5.95 Å². The number of likely N-dealkylation sites (tertiary alicyclic amines) is 1. The molecule has 1 aromatic heterocycles. The highest BCUT2D eigenvalue weighted by Crippen LogP contribution is 2.30. The number of rotatable bonds is 5. The summed E-state index contributed by atoms with van der Waals surface area (Å²) in [5, 5.41) is 2.56. The summed E-state index contributed by atoms with van der Waals surface area (Å²) in [6.45, 7) is 3.52. The van der Waals surface area contributed by atoms with Crippen LogP contribution < -0.4 is 10.2 Å². The molecular weight excluding hydrogens is 383 g/mol. The number of halogens is 3. The molecule has 1 amide bonds. The molecule has 0 spiro atoms. The van der Waals surface area contributed by atoms with Gasteiger partial charge in [0.05, 0.1) is 12.1 Å². The largest absolute Gasteiger partial charge is 0.416 e. The van der Waals surface area contributed by atoms with Crippen LogP contribution in [0.3, 0.4) is 0 Å². The number of amides is 1. The molecule has 1 aliphatic rings. The van der Waals surface area contributed by atoms with E-state index in [9.17, 15) is 18.0 Å². The van der Waals surface area contributed by atoms with Gasteiger partial charge in [0.15, 0.2) is 0 Å². The Hall–Kier alpha value is -2.68. The molecule has 0 atom stereocenters. The van der Waals surface area contributed by atoms with Gasteiger partial charge in [-0.25, -0.2) is 9.97 Å². The normalized spacial score (nSPS) is 15.9. The van der Waals surface area contributed by atoms with Crippen molar-refractivity contribution in [1.29, 1.82) is 0 Å². The Kier molecular flexibility index (Phi) is 6.36. The van der Waals surface area contributed by atoms with Crippen molar-refractivity contribution in [3.8, 4) is 0 Å². The molecule has 2 aromatic rings. The van der Waals surface area contributed by atoms with Gasteiger partial charge in [-0.2, -0.15) is 13.2 Å². The SMILES string of the molecule is Cc1cnc(N(C)C2CCN(CC(=O)Nc3cccc(C(F)(F)F)c3)CC2)nc1. The number of piperidine rings is 1. The Morgan fingerprint density at radius 2 is 1.90 bits per heavy atom. The molecule has 2 heterocycles. The lowest BCUT2D eigenvalue weighted by Gasteiger charge is -2.36. The summed E-state index contributed by atoms with van der Waals surface area (Å²) in [6.07, 6.45) is 0.836. The summed E-state index contributed by atoms with van der Waals surface area (Å²) in [6, 6.07) is 4.94. The van der Waals surface area contributed by atoms with Crippen molar-refractivity contribution in [2.75, 3.05) is 36.9 Å². The Morgan fingerprint density at radius 1 is 1.24 bits per heavy atom. The Morgan fingerprint density at radius 3 is 2.52 bits per heavy atom. The predicted molar refractivity (Wildman–Crippen MR) is 105 cm³/mol. The summed E-state index contributed by atoms with van der Waals surface area (Å²) < 4.78 is 38.4. The van der Waals surface area contributed by atoms with Crippen LogP contribution in [-0.2, 0) is 11.0 Å². The summed E-state index contributed by atoms with van der Waals surface area (Å²) in [5.74, 6) is 0.356. The lowest BCUT2D eigenvalue weighted by Crippen LogP contribution is -2.46. The van der Waals surface area contributed by atoms with Crippen molar-refractivity contribution in [1.82, 2.24) is 14.9 Å². The van der Waals surface area contributed by atoms with Crippen molar-refractivity contribution in [3.05, 3.63) is 47.8 Å². The minimum absolute atomic E-state index is 0.147. The zero-order valence-electron chi connectivity index (χ0n) is 16.4. The molecule has 0 radical (unpaired) electrons. The standard InChI is InChI=1S/C20H24F3N5O/c1-14-11-24-19(25-12-14)27(2)17-6-8-28(9-7-17)13-18(29)26-16-5-3-4-15(10-16)20(21,22)23/h3-5,10-12,17H,6-9,13H2,1-2H3,(H,26,29). The first-order chi connectivity index (χ1) is 13.7. The number of nitrogens with one attached hydrogen (secondary N) is 1. The molecule has 0 unspecified atom stereocenters. The molecule has 1 aromatic carbocycles. The number of aromatic nitrogens is 2. The first kappa shape index (κ1) is 21.0. The van der Waals surface area contributed by atoms with E-state index in [0.717, 1.165) is 43.6 Å². The van der Waals surface area contributed by atoms with Crippen molar-refractivity contribution in [3.63, 3.8) is 0 Å². The lowest BCUT2D eigenvalue weighted by atomic mass is 10.0. The molecule has 3 rings (SSSR count). The quantitative estimate of drug-likeness (QED) is 0.824. The summed E-state index contributed by atoms with van der Waals surface area (Å²) in [7, 11) is 1.96. The van der Waals surface area contributed by atoms with Crippen LogP contribution in [0.2, 0.25) is 0 Å². The highest BCUT2D eigenvalue weighted by atomic mass is 19.4. The monoisotopic (exact) mass is 407 g/mol. The fourth-order valence-corrected chi connectivity index (χ4v) is 3.37. The number of hydrogen-bond acceptors (Lipinski definition) is 5. The van der Waals surface area contributed by atoms with E-state index in [-0.39, 0.29) is 24.2 Å². The van der Waals surface area contributed by atoms with Crippen molar-refractivity contribution in [2.45, 2.75) is 32.0 Å². The molecule has 1 N–H and O–H groups in total. The summed E-state index contributed by atoms with van der Waals surface area (Å²) in [4.78, 5) is 25.0. The van der Waals surface area contributed by atoms with Gasteiger partial charge < -0.3 is 10.2 Å². The van der Waals surface area contributed by atoms with Crippen LogP contribution in [0.4, 0.5) is 24.8 Å². The molecule has 0 aliphatic carbocycles. The molecule has 156 valence electrons. The predicted octanol–water partition coefficient (Wildman–Crippen LogP) is 3.34. The maximum absolute atomic E-state index is 12.8. The maximum Gasteiger partial charge on any atom is 0.416 e. The number of benzene rings is 1. The van der Waals surface area contributed by atoms with Crippen LogP contribution in [0.25, 0.3) is 0 Å². The summed E-state index contributed by atoms with van der Waals surface area (Å²) in [5.41, 5.74) is 0.372. The van der Waals surface area contributed by atoms with E-state index >= 15 is 0 Å². The van der Waals surface area contributed by atoms with Gasteiger partial charge in [0, 0.05) is 44.3 Å². The lowest BCUT2D eigenvalue weighted by molar-refractivity contribution is -0.137. The third-order valence-corrected chi connectivity index (χ3v) is 5.03. The van der Waals surface area contributed by atoms with E-state index in [1.807, 2.05) is 18.9 Å². The van der Waals surface area contributed by atoms with E-state index in [2.05, 4.69) is 20.2 Å². The van der Waals surface area contributed by atoms with E-state index < -0.39 is 11.7 Å². The third-order valence-electron chi connectivity index (χ3n) is 5.03. The van der Waals surface area contributed by atoms with E-state index in [1.165, 1.54) is 12.1 Å². The van der Waals surface area contributed by atoms with Crippen LogP contribution >= 0.6 is 0 Å².